The number of epoxide rings is 1. The van der Waals surface area contributed by atoms with Crippen LogP contribution in [-0.2, 0) is 14.3 Å². The number of allylic oxidation sites excluding steroid dienone is 1. The zero-order valence-electron chi connectivity index (χ0n) is 13.3. The lowest BCUT2D eigenvalue weighted by Crippen LogP contribution is -2.10. The standard InChI is InChI=1S/C19H24O3/c1-4-6-7-8-11-14-18-19(22-18)15-12-9-10-13-17(5-2)21-16(3)20/h4-5,17-19H,1-2,6-8,11,14-15H2,3H3/t17-,18-,19+/m0/s1. The van der Waals surface area contributed by atoms with Crippen LogP contribution in [0, 0.1) is 23.7 Å². The summed E-state index contributed by atoms with van der Waals surface area (Å²) in [4.78, 5) is 10.8. The minimum atomic E-state index is -0.590. The normalized spacial score (nSPS) is 19.7. The molecule has 3 heteroatoms. The van der Waals surface area contributed by atoms with Gasteiger partial charge in [0.05, 0.1) is 12.2 Å². The predicted molar refractivity (Wildman–Crippen MR) is 87.9 cm³/mol. The number of hydrogen-bond donors (Lipinski definition) is 0. The molecule has 1 aliphatic heterocycles. The van der Waals surface area contributed by atoms with E-state index in [0.29, 0.717) is 12.5 Å². The fourth-order valence-electron chi connectivity index (χ4n) is 2.04. The fourth-order valence-corrected chi connectivity index (χ4v) is 2.04. The van der Waals surface area contributed by atoms with Gasteiger partial charge in [0.25, 0.3) is 0 Å². The van der Waals surface area contributed by atoms with Gasteiger partial charge in [-0.3, -0.25) is 4.79 Å². The maximum Gasteiger partial charge on any atom is 0.304 e. The summed E-state index contributed by atoms with van der Waals surface area (Å²) in [6.07, 6.45) is 10.0. The first-order valence-corrected chi connectivity index (χ1v) is 7.72. The summed E-state index contributed by atoms with van der Waals surface area (Å²) in [6.45, 7) is 8.61. The highest BCUT2D eigenvalue weighted by molar-refractivity contribution is 5.66. The summed E-state index contributed by atoms with van der Waals surface area (Å²) < 4.78 is 10.5. The van der Waals surface area contributed by atoms with Crippen LogP contribution in [0.5, 0.6) is 0 Å². The Morgan fingerprint density at radius 1 is 1.27 bits per heavy atom. The number of esters is 1. The van der Waals surface area contributed by atoms with Crippen LogP contribution in [0.4, 0.5) is 0 Å². The zero-order valence-corrected chi connectivity index (χ0v) is 13.3. The molecular weight excluding hydrogens is 276 g/mol. The second kappa shape index (κ2) is 10.7. The van der Waals surface area contributed by atoms with Gasteiger partial charge in [0.2, 0.25) is 0 Å². The summed E-state index contributed by atoms with van der Waals surface area (Å²) in [5, 5.41) is 0. The van der Waals surface area contributed by atoms with Gasteiger partial charge in [-0.05, 0) is 43.1 Å². The number of unbranched alkanes of at least 4 members (excludes halogenated alkanes) is 3. The third-order valence-corrected chi connectivity index (χ3v) is 3.26. The molecule has 1 fully saturated rings. The van der Waals surface area contributed by atoms with Crippen LogP contribution in [0.2, 0.25) is 0 Å². The Morgan fingerprint density at radius 2 is 2.09 bits per heavy atom. The van der Waals surface area contributed by atoms with Crippen LogP contribution in [0.1, 0.15) is 45.4 Å². The molecule has 22 heavy (non-hydrogen) atoms. The Morgan fingerprint density at radius 3 is 2.77 bits per heavy atom. The first-order chi connectivity index (χ1) is 10.7. The second-order valence-electron chi connectivity index (χ2n) is 5.18. The smallest absolute Gasteiger partial charge is 0.304 e. The highest BCUT2D eigenvalue weighted by Crippen LogP contribution is 2.29. The van der Waals surface area contributed by atoms with Crippen molar-refractivity contribution in [2.45, 2.75) is 63.8 Å². The maximum atomic E-state index is 10.8. The molecule has 1 heterocycles. The number of carbonyl (C=O) groups is 1. The topological polar surface area (TPSA) is 38.8 Å². The van der Waals surface area contributed by atoms with E-state index in [-0.39, 0.29) is 12.1 Å². The van der Waals surface area contributed by atoms with Crippen molar-refractivity contribution in [3.8, 4) is 23.7 Å². The molecule has 0 spiro atoms. The van der Waals surface area contributed by atoms with Crippen molar-refractivity contribution < 1.29 is 14.3 Å². The number of rotatable bonds is 9. The lowest BCUT2D eigenvalue weighted by atomic mass is 10.1. The largest absolute Gasteiger partial charge is 0.445 e. The molecule has 1 saturated heterocycles. The molecule has 0 aliphatic carbocycles. The third kappa shape index (κ3) is 8.35. The molecule has 0 bridgehead atoms. The molecule has 1 aliphatic rings. The summed E-state index contributed by atoms with van der Waals surface area (Å²) in [7, 11) is 0. The Balaban J connectivity index is 2.14. The van der Waals surface area contributed by atoms with Gasteiger partial charge >= 0.3 is 5.97 Å². The number of ether oxygens (including phenoxy) is 2. The monoisotopic (exact) mass is 300 g/mol. The molecule has 3 nitrogen and oxygen atoms in total. The van der Waals surface area contributed by atoms with Gasteiger partial charge in [0.1, 0.15) is 0 Å². The highest BCUT2D eigenvalue weighted by atomic mass is 16.6. The van der Waals surface area contributed by atoms with Crippen LogP contribution in [0.25, 0.3) is 0 Å². The van der Waals surface area contributed by atoms with Crippen LogP contribution in [0.15, 0.2) is 25.3 Å². The van der Waals surface area contributed by atoms with Crippen molar-refractivity contribution in [3.05, 3.63) is 25.3 Å². The van der Waals surface area contributed by atoms with E-state index >= 15 is 0 Å². The average Bonchev–Trinajstić information content (AvgIpc) is 3.23. The van der Waals surface area contributed by atoms with E-state index in [4.69, 9.17) is 9.47 Å². The maximum absolute atomic E-state index is 10.8. The van der Waals surface area contributed by atoms with Crippen LogP contribution < -0.4 is 0 Å². The summed E-state index contributed by atoms with van der Waals surface area (Å²) in [5.74, 6) is 10.8. The molecule has 0 amide bonds. The fraction of sp³-hybridized carbons (Fsp3) is 0.526. The van der Waals surface area contributed by atoms with Crippen molar-refractivity contribution >= 4 is 5.97 Å². The predicted octanol–water partition coefficient (Wildman–Crippen LogP) is 3.40. The summed E-state index contributed by atoms with van der Waals surface area (Å²) in [5.41, 5.74) is 0. The van der Waals surface area contributed by atoms with Crippen molar-refractivity contribution in [1.82, 2.24) is 0 Å². The second-order valence-corrected chi connectivity index (χ2v) is 5.18. The molecule has 0 aromatic rings. The average molecular weight is 300 g/mol. The molecule has 0 N–H and O–H groups in total. The van der Waals surface area contributed by atoms with Gasteiger partial charge < -0.3 is 9.47 Å². The van der Waals surface area contributed by atoms with E-state index in [0.717, 1.165) is 12.8 Å². The van der Waals surface area contributed by atoms with E-state index in [1.54, 1.807) is 0 Å². The molecule has 0 aromatic heterocycles. The molecule has 0 unspecified atom stereocenters. The van der Waals surface area contributed by atoms with Gasteiger partial charge in [-0.2, -0.15) is 0 Å². The van der Waals surface area contributed by atoms with Gasteiger partial charge in [0.15, 0.2) is 6.10 Å². The van der Waals surface area contributed by atoms with E-state index in [9.17, 15) is 4.79 Å². The van der Waals surface area contributed by atoms with Crippen LogP contribution >= 0.6 is 0 Å². The number of hydrogen-bond acceptors (Lipinski definition) is 3. The van der Waals surface area contributed by atoms with Crippen LogP contribution in [-0.4, -0.2) is 24.3 Å². The third-order valence-electron chi connectivity index (χ3n) is 3.26. The Labute approximate surface area is 133 Å². The summed E-state index contributed by atoms with van der Waals surface area (Å²) >= 11 is 0. The molecule has 3 atom stereocenters. The molecule has 0 aromatic carbocycles. The Bertz CT molecular complexity index is 498. The minimum absolute atomic E-state index is 0.261. The van der Waals surface area contributed by atoms with E-state index in [1.165, 1.54) is 32.3 Å². The van der Waals surface area contributed by atoms with Gasteiger partial charge in [-0.15, -0.1) is 6.58 Å². The molecule has 1 rings (SSSR count). The zero-order chi connectivity index (χ0) is 16.2. The van der Waals surface area contributed by atoms with Crippen molar-refractivity contribution in [2.24, 2.45) is 0 Å². The first kappa shape index (κ1) is 18.1. The lowest BCUT2D eigenvalue weighted by molar-refractivity contribution is -0.142. The quantitative estimate of drug-likeness (QED) is 0.215. The van der Waals surface area contributed by atoms with E-state index < -0.39 is 6.10 Å². The molecule has 0 saturated carbocycles. The van der Waals surface area contributed by atoms with E-state index in [1.807, 2.05) is 6.08 Å². The van der Waals surface area contributed by atoms with Gasteiger partial charge in [-0.1, -0.05) is 31.4 Å². The van der Waals surface area contributed by atoms with Gasteiger partial charge in [-0.25, -0.2) is 0 Å². The Hall–Kier alpha value is -1.97. The highest BCUT2D eigenvalue weighted by Gasteiger charge is 2.36. The molecule has 0 radical (unpaired) electrons. The van der Waals surface area contributed by atoms with Crippen molar-refractivity contribution in [2.75, 3.05) is 0 Å². The van der Waals surface area contributed by atoms with Crippen molar-refractivity contribution in [3.63, 3.8) is 0 Å². The molecular formula is C19H24O3. The van der Waals surface area contributed by atoms with Crippen molar-refractivity contribution in [1.29, 1.82) is 0 Å². The number of carbonyl (C=O) groups excluding carboxylic acids is 1. The first-order valence-electron chi connectivity index (χ1n) is 7.72. The van der Waals surface area contributed by atoms with Gasteiger partial charge in [0, 0.05) is 13.3 Å². The molecule has 118 valence electrons. The Kier molecular flexibility index (Phi) is 8.80. The SMILES string of the molecule is C=CCCCCC[C@@H]1O[C@@H]1CC#CC#C[C@H](C=C)OC(C)=O. The van der Waals surface area contributed by atoms with Crippen LogP contribution in [0.3, 0.4) is 0 Å². The summed E-state index contributed by atoms with van der Waals surface area (Å²) in [6, 6.07) is 0. The minimum Gasteiger partial charge on any atom is -0.445 e. The van der Waals surface area contributed by atoms with E-state index in [2.05, 4.69) is 36.8 Å². The lowest BCUT2D eigenvalue weighted by Gasteiger charge is -2.03.